The van der Waals surface area contributed by atoms with Crippen LogP contribution in [0.15, 0.2) is 24.3 Å². The fraction of sp³-hybridized carbons (Fsp3) is 0.533. The van der Waals surface area contributed by atoms with Crippen molar-refractivity contribution in [1.29, 1.82) is 0 Å². The summed E-state index contributed by atoms with van der Waals surface area (Å²) in [5.41, 5.74) is 0.985. The minimum atomic E-state index is -0.201. The van der Waals surface area contributed by atoms with Crippen LogP contribution in [0, 0.1) is 0 Å². The van der Waals surface area contributed by atoms with Gasteiger partial charge in [0, 0.05) is 18.7 Å². The Balaban J connectivity index is 1.76. The number of ether oxygens (including phenoxy) is 2. The van der Waals surface area contributed by atoms with Crippen LogP contribution in [-0.4, -0.2) is 48.6 Å². The lowest BCUT2D eigenvalue weighted by molar-refractivity contribution is -0.144. The molecule has 0 aliphatic carbocycles. The largest absolute Gasteiger partial charge is 0.492 e. The zero-order chi connectivity index (χ0) is 14.1. The number of fused-ring (bicyclic) bond motifs is 1. The molecule has 1 fully saturated rings. The number of morpholine rings is 1. The summed E-state index contributed by atoms with van der Waals surface area (Å²) in [6.45, 7) is 3.57. The monoisotopic (exact) mass is 295 g/mol. The van der Waals surface area contributed by atoms with E-state index >= 15 is 0 Å². The first-order chi connectivity index (χ1) is 9.69. The van der Waals surface area contributed by atoms with Crippen LogP contribution >= 0.6 is 11.6 Å². The molecular weight excluding hydrogens is 278 g/mol. The van der Waals surface area contributed by atoms with Crippen molar-refractivity contribution in [3.8, 4) is 5.75 Å². The fourth-order valence-corrected chi connectivity index (χ4v) is 3.07. The minimum Gasteiger partial charge on any atom is -0.492 e. The van der Waals surface area contributed by atoms with Gasteiger partial charge in [-0.3, -0.25) is 4.79 Å². The van der Waals surface area contributed by atoms with Crippen molar-refractivity contribution in [3.05, 3.63) is 29.8 Å². The number of halogens is 1. The maximum Gasteiger partial charge on any atom is 0.233 e. The van der Waals surface area contributed by atoms with Crippen molar-refractivity contribution in [2.24, 2.45) is 0 Å². The molecule has 0 bridgehead atoms. The van der Waals surface area contributed by atoms with E-state index in [9.17, 15) is 4.79 Å². The van der Waals surface area contributed by atoms with E-state index in [1.54, 1.807) is 0 Å². The summed E-state index contributed by atoms with van der Waals surface area (Å²) in [6.07, 6.45) is -0.0593. The molecule has 3 unspecified atom stereocenters. The second kappa shape index (κ2) is 5.62. The van der Waals surface area contributed by atoms with Crippen LogP contribution in [0.3, 0.4) is 0 Å². The third-order valence-electron chi connectivity index (χ3n) is 3.81. The number of benzene rings is 1. The van der Waals surface area contributed by atoms with Gasteiger partial charge in [-0.2, -0.15) is 0 Å². The Morgan fingerprint density at radius 1 is 1.40 bits per heavy atom. The Morgan fingerprint density at radius 2 is 2.20 bits per heavy atom. The molecule has 3 atom stereocenters. The van der Waals surface area contributed by atoms with Crippen molar-refractivity contribution < 1.29 is 14.3 Å². The van der Waals surface area contributed by atoms with Gasteiger partial charge in [0.05, 0.1) is 18.1 Å². The Morgan fingerprint density at radius 3 is 3.00 bits per heavy atom. The average molecular weight is 296 g/mol. The summed E-state index contributed by atoms with van der Waals surface area (Å²) in [4.78, 5) is 14.6. The van der Waals surface area contributed by atoms with Crippen LogP contribution < -0.4 is 4.74 Å². The van der Waals surface area contributed by atoms with Crippen molar-refractivity contribution in [2.45, 2.75) is 25.0 Å². The van der Waals surface area contributed by atoms with E-state index in [4.69, 9.17) is 21.1 Å². The lowest BCUT2D eigenvalue weighted by Crippen LogP contribution is -2.51. The number of carbonyl (C=O) groups is 1. The standard InChI is InChI=1S/C15H18ClNO3/c1-10-7-17(8-11(6-16)20-10)15(18)13-9-19-14-5-3-2-4-12(13)14/h2-5,10-11,13H,6-9H2,1H3. The molecule has 20 heavy (non-hydrogen) atoms. The first-order valence-electron chi connectivity index (χ1n) is 6.91. The van der Waals surface area contributed by atoms with Gasteiger partial charge in [0.15, 0.2) is 0 Å². The molecule has 3 rings (SSSR count). The second-order valence-electron chi connectivity index (χ2n) is 5.37. The van der Waals surface area contributed by atoms with E-state index in [0.29, 0.717) is 25.6 Å². The van der Waals surface area contributed by atoms with Crippen LogP contribution in [0.25, 0.3) is 0 Å². The van der Waals surface area contributed by atoms with E-state index in [2.05, 4.69) is 0 Å². The van der Waals surface area contributed by atoms with E-state index in [1.807, 2.05) is 36.1 Å². The Kier molecular flexibility index (Phi) is 3.85. The third-order valence-corrected chi connectivity index (χ3v) is 4.15. The maximum absolute atomic E-state index is 12.7. The first kappa shape index (κ1) is 13.7. The predicted molar refractivity (Wildman–Crippen MR) is 76.3 cm³/mol. The normalized spacial score (nSPS) is 28.9. The highest BCUT2D eigenvalue weighted by Crippen LogP contribution is 2.35. The average Bonchev–Trinajstić information content (AvgIpc) is 2.89. The summed E-state index contributed by atoms with van der Waals surface area (Å²) in [5, 5.41) is 0. The first-order valence-corrected chi connectivity index (χ1v) is 7.44. The van der Waals surface area contributed by atoms with Crippen LogP contribution in [-0.2, 0) is 9.53 Å². The SMILES string of the molecule is CC1CN(C(=O)C2COc3ccccc32)CC(CCl)O1. The number of amides is 1. The molecule has 1 aromatic rings. The molecule has 2 aliphatic rings. The summed E-state index contributed by atoms with van der Waals surface area (Å²) >= 11 is 5.87. The number of hydrogen-bond acceptors (Lipinski definition) is 3. The molecule has 1 saturated heterocycles. The third kappa shape index (κ3) is 2.50. The zero-order valence-corrected chi connectivity index (χ0v) is 12.2. The summed E-state index contributed by atoms with van der Waals surface area (Å²) in [7, 11) is 0. The molecule has 1 aromatic carbocycles. The van der Waals surface area contributed by atoms with Gasteiger partial charge in [-0.1, -0.05) is 18.2 Å². The van der Waals surface area contributed by atoms with E-state index in [0.717, 1.165) is 11.3 Å². The topological polar surface area (TPSA) is 38.8 Å². The molecule has 0 spiro atoms. The molecule has 5 heteroatoms. The lowest BCUT2D eigenvalue weighted by Gasteiger charge is -2.37. The van der Waals surface area contributed by atoms with Crippen molar-refractivity contribution in [1.82, 2.24) is 4.90 Å². The van der Waals surface area contributed by atoms with Gasteiger partial charge in [0.25, 0.3) is 0 Å². The second-order valence-corrected chi connectivity index (χ2v) is 5.68. The highest BCUT2D eigenvalue weighted by atomic mass is 35.5. The van der Waals surface area contributed by atoms with Gasteiger partial charge in [-0.05, 0) is 13.0 Å². The summed E-state index contributed by atoms with van der Waals surface area (Å²) in [6, 6.07) is 7.74. The highest BCUT2D eigenvalue weighted by Gasteiger charge is 2.36. The molecule has 108 valence electrons. The molecule has 2 heterocycles. The minimum absolute atomic E-state index is 0.0222. The molecule has 2 aliphatic heterocycles. The molecule has 0 radical (unpaired) electrons. The Labute approximate surface area is 123 Å². The number of alkyl halides is 1. The number of hydrogen-bond donors (Lipinski definition) is 0. The van der Waals surface area contributed by atoms with E-state index < -0.39 is 0 Å². The van der Waals surface area contributed by atoms with Crippen LogP contribution in [0.4, 0.5) is 0 Å². The fourth-order valence-electron chi connectivity index (χ4n) is 2.90. The van der Waals surface area contributed by atoms with Gasteiger partial charge in [0.2, 0.25) is 5.91 Å². The molecule has 1 amide bonds. The zero-order valence-electron chi connectivity index (χ0n) is 11.4. The number of nitrogens with zero attached hydrogens (tertiary/aromatic N) is 1. The van der Waals surface area contributed by atoms with Crippen LogP contribution in [0.1, 0.15) is 18.4 Å². The molecule has 0 saturated carbocycles. The lowest BCUT2D eigenvalue weighted by atomic mass is 9.99. The smallest absolute Gasteiger partial charge is 0.233 e. The number of rotatable bonds is 2. The Bertz CT molecular complexity index is 508. The van der Waals surface area contributed by atoms with Gasteiger partial charge in [-0.15, -0.1) is 11.6 Å². The van der Waals surface area contributed by atoms with Gasteiger partial charge in [0.1, 0.15) is 18.3 Å². The molecule has 0 aromatic heterocycles. The summed E-state index contributed by atoms with van der Waals surface area (Å²) < 4.78 is 11.3. The van der Waals surface area contributed by atoms with E-state index in [1.165, 1.54) is 0 Å². The Hall–Kier alpha value is -1.26. The maximum atomic E-state index is 12.7. The quantitative estimate of drug-likeness (QED) is 0.784. The van der Waals surface area contributed by atoms with Gasteiger partial charge in [-0.25, -0.2) is 0 Å². The predicted octanol–water partition coefficient (Wildman–Crippen LogP) is 2.02. The molecule has 0 N–H and O–H groups in total. The highest BCUT2D eigenvalue weighted by molar-refractivity contribution is 6.18. The van der Waals surface area contributed by atoms with E-state index in [-0.39, 0.29) is 24.0 Å². The molecule has 4 nitrogen and oxygen atoms in total. The van der Waals surface area contributed by atoms with Crippen LogP contribution in [0.5, 0.6) is 5.75 Å². The van der Waals surface area contributed by atoms with Crippen molar-refractivity contribution >= 4 is 17.5 Å². The van der Waals surface area contributed by atoms with Gasteiger partial charge < -0.3 is 14.4 Å². The number of para-hydroxylation sites is 1. The van der Waals surface area contributed by atoms with Gasteiger partial charge >= 0.3 is 0 Å². The van der Waals surface area contributed by atoms with Crippen LogP contribution in [0.2, 0.25) is 0 Å². The van der Waals surface area contributed by atoms with Crippen molar-refractivity contribution in [3.63, 3.8) is 0 Å². The number of carbonyl (C=O) groups excluding carboxylic acids is 1. The summed E-state index contributed by atoms with van der Waals surface area (Å²) in [5.74, 6) is 1.14. The van der Waals surface area contributed by atoms with Crippen molar-refractivity contribution in [2.75, 3.05) is 25.6 Å². The molecular formula is C15H18ClNO3.